The van der Waals surface area contributed by atoms with Crippen molar-refractivity contribution in [3.63, 3.8) is 0 Å². The van der Waals surface area contributed by atoms with Gasteiger partial charge in [0.2, 0.25) is 6.71 Å². The molecule has 3 nitrogen and oxygen atoms in total. The van der Waals surface area contributed by atoms with Gasteiger partial charge < -0.3 is 14.5 Å². The Balaban J connectivity index is 1.38. The molecule has 0 amide bonds. The molecule has 4 aliphatic rings. The zero-order valence-electron chi connectivity index (χ0n) is 37.1. The van der Waals surface area contributed by atoms with Crippen LogP contribution in [0.5, 0.6) is 5.75 Å². The number of fused-ring (bicyclic) bond motifs is 7. The third-order valence-electron chi connectivity index (χ3n) is 14.1. The van der Waals surface area contributed by atoms with E-state index in [1.807, 2.05) is 0 Å². The Bertz CT molecular complexity index is 2420. The molecule has 0 fully saturated rings. The molecular weight excluding hydrogens is 691 g/mol. The molecule has 0 bridgehead atoms. The van der Waals surface area contributed by atoms with Crippen molar-refractivity contribution in [2.45, 2.75) is 149 Å². The van der Waals surface area contributed by atoms with Crippen LogP contribution in [0.4, 0.5) is 28.4 Å². The van der Waals surface area contributed by atoms with E-state index in [9.17, 15) is 0 Å². The third-order valence-corrected chi connectivity index (χ3v) is 14.1. The van der Waals surface area contributed by atoms with Crippen molar-refractivity contribution in [3.8, 4) is 5.75 Å². The first-order valence-electron chi connectivity index (χ1n) is 21.5. The summed E-state index contributed by atoms with van der Waals surface area (Å²) in [6.07, 6.45) is 2.16. The summed E-state index contributed by atoms with van der Waals surface area (Å²) in [5, 5.41) is 0. The van der Waals surface area contributed by atoms with Gasteiger partial charge in [-0.05, 0) is 145 Å². The Kier molecular flexibility index (Phi) is 8.22. The predicted octanol–water partition coefficient (Wildman–Crippen LogP) is 12.8. The Hall–Kier alpha value is -4.44. The number of benzene rings is 5. The van der Waals surface area contributed by atoms with Crippen molar-refractivity contribution in [2.75, 3.05) is 9.80 Å². The molecule has 0 saturated heterocycles. The average Bonchev–Trinajstić information content (AvgIpc) is 3.50. The topological polar surface area (TPSA) is 15.7 Å². The SMILES string of the molecule is Cc1cc2c3c(c1)N(c1ccc(C(C)(C)C)cc1)C1Oc4ccc(C(C)(C)C)cc4C1B3c1cc3c(cc1N2c1ccc(C(C)(C)C)cc1)C(C)(C)CCC3(C)C. The molecule has 3 heterocycles. The van der Waals surface area contributed by atoms with Gasteiger partial charge >= 0.3 is 0 Å². The Labute approximate surface area is 343 Å². The first kappa shape index (κ1) is 38.1. The largest absolute Gasteiger partial charge is 0.470 e. The molecule has 0 spiro atoms. The van der Waals surface area contributed by atoms with Gasteiger partial charge in [-0.15, -0.1) is 0 Å². The normalized spacial score (nSPS) is 20.3. The van der Waals surface area contributed by atoms with Gasteiger partial charge in [-0.3, -0.25) is 0 Å². The van der Waals surface area contributed by atoms with Crippen LogP contribution in [-0.2, 0) is 27.1 Å². The summed E-state index contributed by atoms with van der Waals surface area (Å²) in [6.45, 7) is 33.0. The minimum atomic E-state index is -0.200. The van der Waals surface area contributed by atoms with Gasteiger partial charge in [0.25, 0.3) is 0 Å². The molecule has 4 heteroatoms. The summed E-state index contributed by atoms with van der Waals surface area (Å²) in [4.78, 5) is 5.17. The number of aryl methyl sites for hydroxylation is 1. The van der Waals surface area contributed by atoms with Crippen LogP contribution in [0.3, 0.4) is 0 Å². The second-order valence-corrected chi connectivity index (χ2v) is 22.3. The van der Waals surface area contributed by atoms with Crippen molar-refractivity contribution in [3.05, 3.63) is 130 Å². The van der Waals surface area contributed by atoms with E-state index in [4.69, 9.17) is 4.74 Å². The van der Waals surface area contributed by atoms with Gasteiger partial charge in [0.1, 0.15) is 5.75 Å². The van der Waals surface area contributed by atoms with Crippen LogP contribution in [-0.4, -0.2) is 12.9 Å². The van der Waals surface area contributed by atoms with Crippen molar-refractivity contribution >= 4 is 46.1 Å². The average molecular weight is 755 g/mol. The highest BCUT2D eigenvalue weighted by atomic mass is 16.5. The number of hydrogen-bond donors (Lipinski definition) is 0. The first-order valence-corrected chi connectivity index (χ1v) is 21.5. The van der Waals surface area contributed by atoms with Crippen molar-refractivity contribution in [1.29, 1.82) is 0 Å². The predicted molar refractivity (Wildman–Crippen MR) is 244 cm³/mol. The molecule has 0 radical (unpaired) electrons. The maximum atomic E-state index is 7.31. The molecule has 0 N–H and O–H groups in total. The van der Waals surface area contributed by atoms with Crippen LogP contribution in [0, 0.1) is 6.92 Å². The number of rotatable bonds is 2. The third kappa shape index (κ3) is 5.98. The van der Waals surface area contributed by atoms with Crippen LogP contribution >= 0.6 is 0 Å². The van der Waals surface area contributed by atoms with Crippen LogP contribution in [0.1, 0.15) is 148 Å². The van der Waals surface area contributed by atoms with E-state index in [-0.39, 0.29) is 45.8 Å². The van der Waals surface area contributed by atoms with Gasteiger partial charge in [0.05, 0.1) is 0 Å². The summed E-state index contributed by atoms with van der Waals surface area (Å²) in [6, 6.07) is 36.0. The molecule has 0 aromatic heterocycles. The molecule has 1 aliphatic carbocycles. The van der Waals surface area contributed by atoms with E-state index in [0.717, 1.165) is 5.75 Å². The molecule has 294 valence electrons. The fourth-order valence-electron chi connectivity index (χ4n) is 10.4. The summed E-state index contributed by atoms with van der Waals surface area (Å²) >= 11 is 0. The molecular formula is C53H63BN2O. The van der Waals surface area contributed by atoms with Gasteiger partial charge in [0, 0.05) is 34.3 Å². The van der Waals surface area contributed by atoms with E-state index in [2.05, 4.69) is 198 Å². The van der Waals surface area contributed by atoms with E-state index < -0.39 is 0 Å². The highest BCUT2D eigenvalue weighted by Crippen LogP contribution is 2.55. The first-order chi connectivity index (χ1) is 26.5. The monoisotopic (exact) mass is 755 g/mol. The van der Waals surface area contributed by atoms with Crippen molar-refractivity contribution in [1.82, 2.24) is 0 Å². The highest BCUT2D eigenvalue weighted by Gasteiger charge is 2.56. The molecule has 5 aromatic rings. The van der Waals surface area contributed by atoms with Gasteiger partial charge in [-0.1, -0.05) is 132 Å². The fourth-order valence-corrected chi connectivity index (χ4v) is 10.4. The van der Waals surface area contributed by atoms with Gasteiger partial charge in [-0.25, -0.2) is 0 Å². The summed E-state index contributed by atoms with van der Waals surface area (Å²) < 4.78 is 7.31. The van der Waals surface area contributed by atoms with Crippen LogP contribution in [0.25, 0.3) is 0 Å². The summed E-state index contributed by atoms with van der Waals surface area (Å²) in [7, 11) is 0. The summed E-state index contributed by atoms with van der Waals surface area (Å²) in [5.74, 6) is 1.10. The lowest BCUT2D eigenvalue weighted by Gasteiger charge is -2.50. The van der Waals surface area contributed by atoms with Crippen LogP contribution in [0.2, 0.25) is 0 Å². The Morgan fingerprint density at radius 1 is 0.579 bits per heavy atom. The lowest BCUT2D eigenvalue weighted by molar-refractivity contribution is 0.232. The Morgan fingerprint density at radius 3 is 1.65 bits per heavy atom. The number of anilines is 5. The number of ether oxygens (including phenoxy) is 1. The zero-order valence-corrected chi connectivity index (χ0v) is 37.1. The lowest BCUT2D eigenvalue weighted by atomic mass is 9.29. The molecule has 57 heavy (non-hydrogen) atoms. The van der Waals surface area contributed by atoms with Gasteiger partial charge in [-0.2, -0.15) is 0 Å². The summed E-state index contributed by atoms with van der Waals surface area (Å²) in [5.41, 5.74) is 19.0. The molecule has 0 saturated carbocycles. The number of hydrogen-bond acceptors (Lipinski definition) is 3. The molecule has 2 unspecified atom stereocenters. The molecule has 5 aromatic carbocycles. The maximum Gasteiger partial charge on any atom is 0.231 e. The van der Waals surface area contributed by atoms with Gasteiger partial charge in [0.15, 0.2) is 6.23 Å². The second kappa shape index (κ2) is 12.3. The minimum Gasteiger partial charge on any atom is -0.470 e. The standard InChI is InChI=1S/C53H63BN2O/c1-32-27-43-47-44(28-32)56(37-22-17-34(18-23-37)50(5,6)7)48-46(38-29-35(51(8,9)10)19-24-45(38)57-48)54(47)41-30-39-40(53(13,14)26-25-52(39,11)12)31-42(41)55(43)36-20-15-33(16-21-36)49(2,3)4/h15-24,27-31,46,48H,25-26H2,1-14H3. The van der Waals surface area contributed by atoms with Crippen LogP contribution < -0.4 is 25.5 Å². The van der Waals surface area contributed by atoms with Crippen LogP contribution in [0.15, 0.2) is 91.0 Å². The van der Waals surface area contributed by atoms with E-state index in [1.54, 1.807) is 0 Å². The number of nitrogens with zero attached hydrogens (tertiary/aromatic N) is 2. The van der Waals surface area contributed by atoms with Crippen molar-refractivity contribution in [2.24, 2.45) is 0 Å². The molecule has 2 atom stereocenters. The lowest BCUT2D eigenvalue weighted by Crippen LogP contribution is -2.63. The maximum absolute atomic E-state index is 7.31. The second-order valence-electron chi connectivity index (χ2n) is 22.3. The van der Waals surface area contributed by atoms with E-state index >= 15 is 0 Å². The van der Waals surface area contributed by atoms with E-state index in [0.29, 0.717) is 0 Å². The fraction of sp³-hybridized carbons (Fsp3) is 0.434. The smallest absolute Gasteiger partial charge is 0.231 e. The van der Waals surface area contributed by atoms with Crippen molar-refractivity contribution < 1.29 is 4.74 Å². The molecule has 3 aliphatic heterocycles. The quantitative estimate of drug-likeness (QED) is 0.167. The minimum absolute atomic E-state index is 0.0135. The van der Waals surface area contributed by atoms with E-state index in [1.165, 1.54) is 91.1 Å². The zero-order chi connectivity index (χ0) is 40.8. The Morgan fingerprint density at radius 2 is 1.09 bits per heavy atom. The molecule has 9 rings (SSSR count). The highest BCUT2D eigenvalue weighted by molar-refractivity contribution is 6.91.